The zero-order chi connectivity index (χ0) is 11.4. The Kier molecular flexibility index (Phi) is 3.95. The normalized spacial score (nSPS) is 12.5. The smallest absolute Gasteiger partial charge is 0.128 e. The van der Waals surface area contributed by atoms with Gasteiger partial charge in [0.1, 0.15) is 5.82 Å². The van der Waals surface area contributed by atoms with Crippen LogP contribution in [-0.2, 0) is 0 Å². The summed E-state index contributed by atoms with van der Waals surface area (Å²) in [6.07, 6.45) is 4.11. The lowest BCUT2D eigenvalue weighted by Gasteiger charge is -2.26. The molecule has 0 radical (unpaired) electrons. The average molecular weight is 207 g/mol. The van der Waals surface area contributed by atoms with Crippen LogP contribution in [0.3, 0.4) is 0 Å². The zero-order valence-electron chi connectivity index (χ0n) is 10.1. The number of nitrogens with two attached hydrogens (primary N) is 1. The van der Waals surface area contributed by atoms with Crippen molar-refractivity contribution in [1.82, 2.24) is 4.98 Å². The van der Waals surface area contributed by atoms with E-state index in [9.17, 15) is 0 Å². The first-order valence-corrected chi connectivity index (χ1v) is 5.51. The van der Waals surface area contributed by atoms with Crippen molar-refractivity contribution < 1.29 is 0 Å². The lowest BCUT2D eigenvalue weighted by atomic mass is 10.1. The molecule has 1 atom stereocenters. The third-order valence-corrected chi connectivity index (χ3v) is 2.87. The fraction of sp³-hybridized carbons (Fsp3) is 0.583. The van der Waals surface area contributed by atoms with Crippen LogP contribution < -0.4 is 10.6 Å². The molecule has 0 bridgehead atoms. The summed E-state index contributed by atoms with van der Waals surface area (Å²) in [6.45, 7) is 6.43. The Labute approximate surface area is 92.3 Å². The summed E-state index contributed by atoms with van der Waals surface area (Å²) < 4.78 is 0. The predicted molar refractivity (Wildman–Crippen MR) is 66.2 cm³/mol. The average Bonchev–Trinajstić information content (AvgIpc) is 2.21. The molecule has 84 valence electrons. The van der Waals surface area contributed by atoms with Crippen molar-refractivity contribution in [2.75, 3.05) is 17.7 Å². The lowest BCUT2D eigenvalue weighted by molar-refractivity contribution is 0.611. The molecule has 1 aromatic rings. The number of aromatic nitrogens is 1. The van der Waals surface area contributed by atoms with Crippen LogP contribution in [0.25, 0.3) is 0 Å². The van der Waals surface area contributed by atoms with Crippen molar-refractivity contribution in [2.24, 2.45) is 0 Å². The van der Waals surface area contributed by atoms with Gasteiger partial charge in [-0.2, -0.15) is 0 Å². The van der Waals surface area contributed by atoms with Gasteiger partial charge in [0.2, 0.25) is 0 Å². The van der Waals surface area contributed by atoms with Gasteiger partial charge in [0.05, 0.1) is 11.9 Å². The van der Waals surface area contributed by atoms with E-state index < -0.39 is 0 Å². The first-order valence-electron chi connectivity index (χ1n) is 5.51. The van der Waals surface area contributed by atoms with Crippen LogP contribution >= 0.6 is 0 Å². The third kappa shape index (κ3) is 2.85. The maximum absolute atomic E-state index is 5.74. The number of hydrogen-bond acceptors (Lipinski definition) is 3. The Morgan fingerprint density at radius 1 is 1.53 bits per heavy atom. The quantitative estimate of drug-likeness (QED) is 0.825. The van der Waals surface area contributed by atoms with Crippen LogP contribution in [0.5, 0.6) is 0 Å². The Balaban J connectivity index is 2.81. The molecule has 3 heteroatoms. The molecule has 0 aliphatic carbocycles. The minimum atomic E-state index is 0.519. The highest BCUT2D eigenvalue weighted by atomic mass is 15.2. The van der Waals surface area contributed by atoms with Crippen molar-refractivity contribution in [3.05, 3.63) is 17.8 Å². The van der Waals surface area contributed by atoms with E-state index in [0.717, 1.165) is 17.1 Å². The Hall–Kier alpha value is -1.25. The first-order chi connectivity index (χ1) is 7.06. The number of anilines is 2. The standard InChI is InChI=1S/C12H21N3/c1-5-6-10(3)15(4)12-7-9(2)11(13)8-14-12/h7-8,10H,5-6,13H2,1-4H3. The molecule has 1 heterocycles. The first kappa shape index (κ1) is 11.8. The van der Waals surface area contributed by atoms with Gasteiger partial charge in [-0.05, 0) is 31.9 Å². The van der Waals surface area contributed by atoms with E-state index in [1.165, 1.54) is 12.8 Å². The van der Waals surface area contributed by atoms with E-state index in [4.69, 9.17) is 5.73 Å². The van der Waals surface area contributed by atoms with Gasteiger partial charge in [0.15, 0.2) is 0 Å². The molecule has 0 spiro atoms. The second-order valence-electron chi connectivity index (χ2n) is 4.15. The summed E-state index contributed by atoms with van der Waals surface area (Å²) >= 11 is 0. The summed E-state index contributed by atoms with van der Waals surface area (Å²) in [6, 6.07) is 2.56. The van der Waals surface area contributed by atoms with Crippen LogP contribution in [0, 0.1) is 6.92 Å². The monoisotopic (exact) mass is 207 g/mol. The largest absolute Gasteiger partial charge is 0.397 e. The van der Waals surface area contributed by atoms with Crippen molar-refractivity contribution in [1.29, 1.82) is 0 Å². The van der Waals surface area contributed by atoms with Crippen LogP contribution in [0.1, 0.15) is 32.3 Å². The molecule has 0 aromatic carbocycles. The number of nitrogen functional groups attached to an aromatic ring is 1. The highest BCUT2D eigenvalue weighted by Gasteiger charge is 2.10. The predicted octanol–water partition coefficient (Wildman–Crippen LogP) is 2.60. The molecule has 2 N–H and O–H groups in total. The minimum Gasteiger partial charge on any atom is -0.397 e. The maximum Gasteiger partial charge on any atom is 0.128 e. The van der Waals surface area contributed by atoms with Crippen LogP contribution in [0.15, 0.2) is 12.3 Å². The minimum absolute atomic E-state index is 0.519. The van der Waals surface area contributed by atoms with Gasteiger partial charge in [0, 0.05) is 13.1 Å². The Morgan fingerprint density at radius 2 is 2.20 bits per heavy atom. The molecule has 3 nitrogen and oxygen atoms in total. The van der Waals surface area contributed by atoms with Crippen molar-refractivity contribution in [2.45, 2.75) is 39.7 Å². The number of rotatable bonds is 4. The number of aryl methyl sites for hydroxylation is 1. The van der Waals surface area contributed by atoms with Gasteiger partial charge < -0.3 is 10.6 Å². The molecular weight excluding hydrogens is 186 g/mol. The van der Waals surface area contributed by atoms with Gasteiger partial charge in [-0.3, -0.25) is 0 Å². The van der Waals surface area contributed by atoms with Gasteiger partial charge in [-0.25, -0.2) is 4.98 Å². The highest BCUT2D eigenvalue weighted by Crippen LogP contribution is 2.19. The summed E-state index contributed by atoms with van der Waals surface area (Å²) in [5.41, 5.74) is 7.60. The molecule has 1 aromatic heterocycles. The highest BCUT2D eigenvalue weighted by molar-refractivity contribution is 5.52. The Morgan fingerprint density at radius 3 is 2.73 bits per heavy atom. The number of nitrogens with zero attached hydrogens (tertiary/aromatic N) is 2. The zero-order valence-corrected chi connectivity index (χ0v) is 10.1. The third-order valence-electron chi connectivity index (χ3n) is 2.87. The molecule has 0 fully saturated rings. The van der Waals surface area contributed by atoms with Crippen LogP contribution in [0.2, 0.25) is 0 Å². The van der Waals surface area contributed by atoms with Crippen molar-refractivity contribution >= 4 is 11.5 Å². The van der Waals surface area contributed by atoms with E-state index in [0.29, 0.717) is 6.04 Å². The fourth-order valence-electron chi connectivity index (χ4n) is 1.58. The molecule has 0 aliphatic rings. The van der Waals surface area contributed by atoms with Gasteiger partial charge in [-0.15, -0.1) is 0 Å². The van der Waals surface area contributed by atoms with Gasteiger partial charge >= 0.3 is 0 Å². The van der Waals surface area contributed by atoms with Gasteiger partial charge in [-0.1, -0.05) is 13.3 Å². The SMILES string of the molecule is CCCC(C)N(C)c1cc(C)c(N)cn1. The second kappa shape index (κ2) is 5.01. The fourth-order valence-corrected chi connectivity index (χ4v) is 1.58. The summed E-state index contributed by atoms with van der Waals surface area (Å²) in [4.78, 5) is 6.55. The molecule has 1 unspecified atom stereocenters. The molecule has 0 saturated heterocycles. The van der Waals surface area contributed by atoms with Crippen molar-refractivity contribution in [3.8, 4) is 0 Å². The summed E-state index contributed by atoms with van der Waals surface area (Å²) in [5.74, 6) is 1.00. The maximum atomic E-state index is 5.74. The van der Waals surface area contributed by atoms with E-state index in [1.54, 1.807) is 6.20 Å². The second-order valence-corrected chi connectivity index (χ2v) is 4.15. The Bertz CT molecular complexity index is 323. The number of pyridine rings is 1. The van der Waals surface area contributed by atoms with Gasteiger partial charge in [0.25, 0.3) is 0 Å². The van der Waals surface area contributed by atoms with E-state index in [-0.39, 0.29) is 0 Å². The summed E-state index contributed by atoms with van der Waals surface area (Å²) in [7, 11) is 2.08. The van der Waals surface area contributed by atoms with Crippen molar-refractivity contribution in [3.63, 3.8) is 0 Å². The molecule has 1 rings (SSSR count). The van der Waals surface area contributed by atoms with Crippen LogP contribution in [-0.4, -0.2) is 18.1 Å². The molecule has 0 amide bonds. The van der Waals surface area contributed by atoms with Crippen LogP contribution in [0.4, 0.5) is 11.5 Å². The number of hydrogen-bond donors (Lipinski definition) is 1. The summed E-state index contributed by atoms with van der Waals surface area (Å²) in [5, 5.41) is 0. The molecular formula is C12H21N3. The lowest BCUT2D eigenvalue weighted by Crippen LogP contribution is -2.29. The van der Waals surface area contributed by atoms with E-state index >= 15 is 0 Å². The molecule has 0 saturated carbocycles. The topological polar surface area (TPSA) is 42.1 Å². The molecule has 0 aliphatic heterocycles. The van der Waals surface area contributed by atoms with E-state index in [1.807, 2.05) is 13.0 Å². The van der Waals surface area contributed by atoms with E-state index in [2.05, 4.69) is 30.8 Å². The molecule has 15 heavy (non-hydrogen) atoms.